The molecule has 2 N–H and O–H groups in total. The van der Waals surface area contributed by atoms with E-state index in [1.807, 2.05) is 0 Å². The molecule has 0 fully saturated rings. The molecule has 0 aliphatic carbocycles. The van der Waals surface area contributed by atoms with Crippen LogP contribution in [-0.2, 0) is 9.59 Å². The largest absolute Gasteiger partial charge is 0.481 e. The molecular formula is C16H31NO3S2. The summed E-state index contributed by atoms with van der Waals surface area (Å²) in [5.74, 6) is 0.735. The number of hydrogen-bond donors (Lipinski definition) is 4. The molecule has 22 heavy (non-hydrogen) atoms. The highest BCUT2D eigenvalue weighted by molar-refractivity contribution is 7.80. The van der Waals surface area contributed by atoms with Gasteiger partial charge in [0, 0.05) is 18.4 Å². The second-order valence-corrected chi connectivity index (χ2v) is 6.73. The van der Waals surface area contributed by atoms with E-state index in [2.05, 4.69) is 37.5 Å². The summed E-state index contributed by atoms with van der Waals surface area (Å²) in [5.41, 5.74) is -0.179. The monoisotopic (exact) mass is 349 g/mol. The lowest BCUT2D eigenvalue weighted by atomic mass is 9.83. The summed E-state index contributed by atoms with van der Waals surface area (Å²) in [6, 6.07) is 0. The average Bonchev–Trinajstić information content (AvgIpc) is 2.48. The van der Waals surface area contributed by atoms with Crippen LogP contribution < -0.4 is 5.32 Å². The molecule has 0 atom stereocenters. The number of carboxylic acid groups (broad SMARTS) is 1. The molecule has 6 heteroatoms. The fraction of sp³-hybridized carbons (Fsp3) is 0.875. The van der Waals surface area contributed by atoms with Crippen LogP contribution in [0.2, 0.25) is 0 Å². The van der Waals surface area contributed by atoms with E-state index >= 15 is 0 Å². The minimum atomic E-state index is -0.852. The SMILES string of the molecule is CCCCC(CCCS)(CCCS)NC(=O)CCCC(=O)O. The molecule has 0 aromatic heterocycles. The number of carbonyl (C=O) groups is 2. The Kier molecular flexibility index (Phi) is 12.9. The van der Waals surface area contributed by atoms with Crippen LogP contribution in [0.25, 0.3) is 0 Å². The number of rotatable bonds is 14. The minimum absolute atomic E-state index is 0.0318. The zero-order valence-electron chi connectivity index (χ0n) is 13.6. The Labute approximate surface area is 145 Å². The van der Waals surface area contributed by atoms with E-state index in [0.29, 0.717) is 6.42 Å². The maximum Gasteiger partial charge on any atom is 0.303 e. The van der Waals surface area contributed by atoms with Gasteiger partial charge in [0.15, 0.2) is 0 Å². The first-order chi connectivity index (χ1) is 10.5. The molecule has 0 saturated carbocycles. The summed E-state index contributed by atoms with van der Waals surface area (Å²) in [6.07, 6.45) is 7.64. The third kappa shape index (κ3) is 10.4. The first-order valence-corrected chi connectivity index (χ1v) is 9.50. The van der Waals surface area contributed by atoms with Gasteiger partial charge in [0.2, 0.25) is 5.91 Å². The van der Waals surface area contributed by atoms with Crippen molar-refractivity contribution in [3.63, 3.8) is 0 Å². The number of carbonyl (C=O) groups excluding carboxylic acids is 1. The van der Waals surface area contributed by atoms with Crippen LogP contribution in [0.15, 0.2) is 0 Å². The van der Waals surface area contributed by atoms with Crippen LogP contribution in [-0.4, -0.2) is 34.0 Å². The topological polar surface area (TPSA) is 66.4 Å². The summed E-state index contributed by atoms with van der Waals surface area (Å²) in [6.45, 7) is 2.15. The Balaban J connectivity index is 4.68. The highest BCUT2D eigenvalue weighted by atomic mass is 32.1. The molecular weight excluding hydrogens is 318 g/mol. The van der Waals surface area contributed by atoms with Crippen LogP contribution in [0.4, 0.5) is 0 Å². The van der Waals surface area contributed by atoms with Gasteiger partial charge in [-0.1, -0.05) is 19.8 Å². The Morgan fingerprint density at radius 1 is 0.955 bits per heavy atom. The van der Waals surface area contributed by atoms with E-state index in [1.54, 1.807) is 0 Å². The van der Waals surface area contributed by atoms with Gasteiger partial charge in [-0.3, -0.25) is 9.59 Å². The molecule has 0 rings (SSSR count). The summed E-state index contributed by atoms with van der Waals surface area (Å²) in [5, 5.41) is 11.9. The van der Waals surface area contributed by atoms with Gasteiger partial charge in [-0.2, -0.15) is 25.3 Å². The number of aliphatic carboxylic acids is 1. The van der Waals surface area contributed by atoms with Gasteiger partial charge in [0.1, 0.15) is 0 Å². The zero-order valence-corrected chi connectivity index (χ0v) is 15.4. The van der Waals surface area contributed by atoms with Crippen molar-refractivity contribution in [2.75, 3.05) is 11.5 Å². The van der Waals surface area contributed by atoms with Gasteiger partial charge in [-0.05, 0) is 50.0 Å². The lowest BCUT2D eigenvalue weighted by molar-refractivity contribution is -0.137. The van der Waals surface area contributed by atoms with E-state index in [9.17, 15) is 9.59 Å². The van der Waals surface area contributed by atoms with Crippen molar-refractivity contribution in [1.29, 1.82) is 0 Å². The summed E-state index contributed by atoms with van der Waals surface area (Å²) in [7, 11) is 0. The summed E-state index contributed by atoms with van der Waals surface area (Å²) in [4.78, 5) is 22.7. The van der Waals surface area contributed by atoms with Crippen molar-refractivity contribution >= 4 is 37.1 Å². The van der Waals surface area contributed by atoms with Crippen LogP contribution in [0.1, 0.15) is 71.1 Å². The molecule has 0 aliphatic heterocycles. The second kappa shape index (κ2) is 13.1. The number of nitrogens with one attached hydrogen (secondary N) is 1. The van der Waals surface area contributed by atoms with Crippen LogP contribution >= 0.6 is 25.3 Å². The second-order valence-electron chi connectivity index (χ2n) is 5.83. The minimum Gasteiger partial charge on any atom is -0.481 e. The van der Waals surface area contributed by atoms with E-state index in [-0.39, 0.29) is 24.3 Å². The number of amides is 1. The van der Waals surface area contributed by atoms with E-state index in [0.717, 1.165) is 56.5 Å². The van der Waals surface area contributed by atoms with Gasteiger partial charge in [-0.25, -0.2) is 0 Å². The predicted molar refractivity (Wildman–Crippen MR) is 98.1 cm³/mol. The smallest absolute Gasteiger partial charge is 0.303 e. The molecule has 130 valence electrons. The van der Waals surface area contributed by atoms with Crippen molar-refractivity contribution in [1.82, 2.24) is 5.32 Å². The highest BCUT2D eigenvalue weighted by Crippen LogP contribution is 2.27. The van der Waals surface area contributed by atoms with E-state index < -0.39 is 5.97 Å². The third-order valence-electron chi connectivity index (χ3n) is 3.83. The average molecular weight is 350 g/mol. The maximum atomic E-state index is 12.2. The Hall–Kier alpha value is -0.360. The lowest BCUT2D eigenvalue weighted by Crippen LogP contribution is -2.48. The highest BCUT2D eigenvalue weighted by Gasteiger charge is 2.29. The molecule has 0 heterocycles. The molecule has 0 spiro atoms. The Morgan fingerprint density at radius 2 is 1.50 bits per heavy atom. The fourth-order valence-electron chi connectivity index (χ4n) is 2.67. The van der Waals surface area contributed by atoms with Gasteiger partial charge in [0.05, 0.1) is 0 Å². The van der Waals surface area contributed by atoms with Crippen molar-refractivity contribution < 1.29 is 14.7 Å². The molecule has 0 saturated heterocycles. The number of unbranched alkanes of at least 4 members (excludes halogenated alkanes) is 1. The molecule has 0 aromatic carbocycles. The van der Waals surface area contributed by atoms with Gasteiger partial charge in [0.25, 0.3) is 0 Å². The van der Waals surface area contributed by atoms with Crippen molar-refractivity contribution in [2.24, 2.45) is 0 Å². The molecule has 0 aromatic rings. The van der Waals surface area contributed by atoms with E-state index in [4.69, 9.17) is 5.11 Å². The maximum absolute atomic E-state index is 12.2. The lowest BCUT2D eigenvalue weighted by Gasteiger charge is -2.35. The summed E-state index contributed by atoms with van der Waals surface area (Å²) < 4.78 is 0. The molecule has 0 unspecified atom stereocenters. The van der Waals surface area contributed by atoms with Crippen LogP contribution in [0.3, 0.4) is 0 Å². The van der Waals surface area contributed by atoms with Crippen molar-refractivity contribution in [3.05, 3.63) is 0 Å². The van der Waals surface area contributed by atoms with E-state index in [1.165, 1.54) is 0 Å². The number of carboxylic acids is 1. The fourth-order valence-corrected chi connectivity index (χ4v) is 2.99. The van der Waals surface area contributed by atoms with Crippen LogP contribution in [0.5, 0.6) is 0 Å². The van der Waals surface area contributed by atoms with Crippen molar-refractivity contribution in [2.45, 2.75) is 76.7 Å². The number of thiol groups is 2. The quantitative estimate of drug-likeness (QED) is 0.362. The number of hydrogen-bond acceptors (Lipinski definition) is 4. The standard InChI is InChI=1S/C16H31NO3S2/c1-2-3-9-16(10-5-12-21,11-6-13-22)17-14(18)7-4-8-15(19)20/h21-22H,2-13H2,1H3,(H,17,18)(H,19,20). The molecule has 1 amide bonds. The first-order valence-electron chi connectivity index (χ1n) is 8.24. The molecule has 0 bridgehead atoms. The van der Waals surface area contributed by atoms with Gasteiger partial charge < -0.3 is 10.4 Å². The Morgan fingerprint density at radius 3 is 1.95 bits per heavy atom. The van der Waals surface area contributed by atoms with Crippen molar-refractivity contribution in [3.8, 4) is 0 Å². The summed E-state index contributed by atoms with van der Waals surface area (Å²) >= 11 is 8.58. The zero-order chi connectivity index (χ0) is 16.8. The van der Waals surface area contributed by atoms with Crippen LogP contribution in [0, 0.1) is 0 Å². The molecule has 0 aliphatic rings. The molecule has 0 radical (unpaired) electrons. The first kappa shape index (κ1) is 21.6. The normalized spacial score (nSPS) is 11.4. The van der Waals surface area contributed by atoms with Gasteiger partial charge in [-0.15, -0.1) is 0 Å². The third-order valence-corrected chi connectivity index (χ3v) is 4.47. The predicted octanol–water partition coefficient (Wildman–Crippen LogP) is 3.71. The van der Waals surface area contributed by atoms with Gasteiger partial charge >= 0.3 is 5.97 Å². The molecule has 4 nitrogen and oxygen atoms in total. The Bertz CT molecular complexity index is 303.